The minimum absolute atomic E-state index is 0.0359. The van der Waals surface area contributed by atoms with E-state index in [4.69, 9.17) is 4.98 Å². The molecule has 1 aliphatic rings. The van der Waals surface area contributed by atoms with E-state index in [0.29, 0.717) is 13.1 Å². The largest absolute Gasteiger partial charge is 0.338 e. The average molecular weight is 356 g/mol. The number of pyridine rings is 1. The highest BCUT2D eigenvalue weighted by atomic mass is 19.1. The monoisotopic (exact) mass is 356 g/mol. The maximum atomic E-state index is 13.4. The average Bonchev–Trinajstić information content (AvgIpc) is 3.24. The number of halogens is 2. The van der Waals surface area contributed by atoms with Crippen molar-refractivity contribution in [1.29, 1.82) is 0 Å². The fourth-order valence-electron chi connectivity index (χ4n) is 3.61. The molecule has 1 amide bonds. The fraction of sp³-hybridized carbons (Fsp3) is 0.316. The SMILES string of the molecule is CCn1c([C@H]2CCN(C(=O)c3cc(F)cc(F)c3)C2)nc2cccnc21. The van der Waals surface area contributed by atoms with Gasteiger partial charge in [0.05, 0.1) is 0 Å². The Morgan fingerprint density at radius 3 is 2.77 bits per heavy atom. The number of rotatable bonds is 3. The molecule has 5 nitrogen and oxygen atoms in total. The Balaban J connectivity index is 1.60. The summed E-state index contributed by atoms with van der Waals surface area (Å²) in [5.74, 6) is -0.873. The number of amides is 1. The highest BCUT2D eigenvalue weighted by Crippen LogP contribution is 2.30. The van der Waals surface area contributed by atoms with Gasteiger partial charge in [0.1, 0.15) is 23.0 Å². The molecule has 0 unspecified atom stereocenters. The van der Waals surface area contributed by atoms with E-state index in [9.17, 15) is 13.6 Å². The van der Waals surface area contributed by atoms with E-state index in [1.807, 2.05) is 19.1 Å². The standard InChI is InChI=1S/C19H18F2N4O/c1-2-25-17(23-16-4-3-6-22-18(16)25)12-5-7-24(11-12)19(26)13-8-14(20)10-15(21)9-13/h3-4,6,8-10,12H,2,5,7,11H2,1H3/t12-/m0/s1. The van der Waals surface area contributed by atoms with Gasteiger partial charge in [-0.05, 0) is 37.6 Å². The molecule has 4 rings (SSSR count). The third-order valence-electron chi connectivity index (χ3n) is 4.80. The van der Waals surface area contributed by atoms with Crippen LogP contribution in [0.2, 0.25) is 0 Å². The normalized spacial score (nSPS) is 17.2. The van der Waals surface area contributed by atoms with Crippen molar-refractivity contribution in [1.82, 2.24) is 19.4 Å². The predicted molar refractivity (Wildman–Crippen MR) is 92.8 cm³/mol. The van der Waals surface area contributed by atoms with Crippen LogP contribution in [0.25, 0.3) is 11.2 Å². The van der Waals surface area contributed by atoms with Gasteiger partial charge in [-0.3, -0.25) is 4.79 Å². The summed E-state index contributed by atoms with van der Waals surface area (Å²) in [6.45, 7) is 3.78. The van der Waals surface area contributed by atoms with Crippen LogP contribution in [0.4, 0.5) is 8.78 Å². The van der Waals surface area contributed by atoms with Crippen LogP contribution in [-0.2, 0) is 6.54 Å². The zero-order chi connectivity index (χ0) is 18.3. The van der Waals surface area contributed by atoms with Crippen LogP contribution in [0.3, 0.4) is 0 Å². The lowest BCUT2D eigenvalue weighted by Gasteiger charge is -2.17. The summed E-state index contributed by atoms with van der Waals surface area (Å²) in [6.07, 6.45) is 2.50. The number of aryl methyl sites for hydroxylation is 1. The Morgan fingerprint density at radius 1 is 1.27 bits per heavy atom. The topological polar surface area (TPSA) is 51.0 Å². The first-order valence-corrected chi connectivity index (χ1v) is 8.63. The molecule has 3 aromatic rings. The van der Waals surface area contributed by atoms with Crippen molar-refractivity contribution < 1.29 is 13.6 Å². The van der Waals surface area contributed by atoms with Gasteiger partial charge in [0, 0.05) is 43.4 Å². The number of benzene rings is 1. The van der Waals surface area contributed by atoms with Gasteiger partial charge in [-0.2, -0.15) is 0 Å². The number of hydrogen-bond acceptors (Lipinski definition) is 3. The van der Waals surface area contributed by atoms with E-state index in [2.05, 4.69) is 9.55 Å². The van der Waals surface area contributed by atoms with Gasteiger partial charge < -0.3 is 9.47 Å². The van der Waals surface area contributed by atoms with E-state index >= 15 is 0 Å². The van der Waals surface area contributed by atoms with E-state index in [0.717, 1.165) is 48.2 Å². The number of fused-ring (bicyclic) bond motifs is 1. The molecule has 3 heterocycles. The van der Waals surface area contributed by atoms with E-state index in [-0.39, 0.29) is 17.4 Å². The Labute approximate surface area is 149 Å². The van der Waals surface area contributed by atoms with Crippen molar-refractivity contribution in [2.45, 2.75) is 25.8 Å². The summed E-state index contributed by atoms with van der Waals surface area (Å²) in [5, 5.41) is 0. The molecule has 0 radical (unpaired) electrons. The number of hydrogen-bond donors (Lipinski definition) is 0. The molecule has 0 N–H and O–H groups in total. The maximum absolute atomic E-state index is 13.4. The van der Waals surface area contributed by atoms with Crippen molar-refractivity contribution in [3.05, 3.63) is 59.6 Å². The fourth-order valence-corrected chi connectivity index (χ4v) is 3.61. The first-order valence-electron chi connectivity index (χ1n) is 8.63. The zero-order valence-corrected chi connectivity index (χ0v) is 14.3. The van der Waals surface area contributed by atoms with Gasteiger partial charge in [-0.1, -0.05) is 0 Å². The van der Waals surface area contributed by atoms with Crippen molar-refractivity contribution in [3.8, 4) is 0 Å². The first kappa shape index (κ1) is 16.6. The molecule has 0 spiro atoms. The second-order valence-corrected chi connectivity index (χ2v) is 6.46. The molecule has 2 aromatic heterocycles. The molecule has 0 saturated carbocycles. The molecular weight excluding hydrogens is 338 g/mol. The van der Waals surface area contributed by atoms with Gasteiger partial charge in [0.15, 0.2) is 5.65 Å². The predicted octanol–water partition coefficient (Wildman–Crippen LogP) is 3.36. The van der Waals surface area contributed by atoms with E-state index < -0.39 is 11.6 Å². The van der Waals surface area contributed by atoms with Crippen LogP contribution < -0.4 is 0 Å². The molecule has 7 heteroatoms. The highest BCUT2D eigenvalue weighted by Gasteiger charge is 2.31. The highest BCUT2D eigenvalue weighted by molar-refractivity contribution is 5.94. The summed E-state index contributed by atoms with van der Waals surface area (Å²) in [6, 6.07) is 6.68. The van der Waals surface area contributed by atoms with Crippen molar-refractivity contribution in [3.63, 3.8) is 0 Å². The van der Waals surface area contributed by atoms with E-state index in [1.165, 1.54) is 0 Å². The lowest BCUT2D eigenvalue weighted by molar-refractivity contribution is 0.0789. The lowest BCUT2D eigenvalue weighted by Crippen LogP contribution is -2.29. The van der Waals surface area contributed by atoms with Crippen LogP contribution in [-0.4, -0.2) is 38.4 Å². The van der Waals surface area contributed by atoms with Crippen LogP contribution in [0.5, 0.6) is 0 Å². The molecule has 1 atom stereocenters. The molecule has 1 fully saturated rings. The van der Waals surface area contributed by atoms with E-state index in [1.54, 1.807) is 11.1 Å². The minimum atomic E-state index is -0.747. The van der Waals surface area contributed by atoms with Crippen molar-refractivity contribution >= 4 is 17.1 Å². The summed E-state index contributed by atoms with van der Waals surface area (Å²) in [5.41, 5.74) is 1.71. The number of imidazole rings is 1. The molecule has 1 saturated heterocycles. The van der Waals surface area contributed by atoms with Gasteiger partial charge in [0.2, 0.25) is 0 Å². The number of carbonyl (C=O) groups excluding carboxylic acids is 1. The third-order valence-corrected chi connectivity index (χ3v) is 4.80. The van der Waals surface area contributed by atoms with Crippen molar-refractivity contribution in [2.24, 2.45) is 0 Å². The summed E-state index contributed by atoms with van der Waals surface area (Å²) >= 11 is 0. The van der Waals surface area contributed by atoms with Gasteiger partial charge in [-0.25, -0.2) is 18.7 Å². The molecule has 1 aliphatic heterocycles. The zero-order valence-electron chi connectivity index (χ0n) is 14.3. The summed E-state index contributed by atoms with van der Waals surface area (Å²) in [4.78, 5) is 23.3. The second-order valence-electron chi connectivity index (χ2n) is 6.46. The maximum Gasteiger partial charge on any atom is 0.254 e. The summed E-state index contributed by atoms with van der Waals surface area (Å²) < 4.78 is 28.9. The van der Waals surface area contributed by atoms with Crippen LogP contribution >= 0.6 is 0 Å². The second kappa shape index (κ2) is 6.48. The molecular formula is C19H18F2N4O. The molecule has 1 aromatic carbocycles. The van der Waals surface area contributed by atoms with Gasteiger partial charge >= 0.3 is 0 Å². The van der Waals surface area contributed by atoms with Crippen LogP contribution in [0, 0.1) is 11.6 Å². The first-order chi connectivity index (χ1) is 12.6. The minimum Gasteiger partial charge on any atom is -0.338 e. The molecule has 134 valence electrons. The molecule has 0 bridgehead atoms. The Morgan fingerprint density at radius 2 is 2.04 bits per heavy atom. The Kier molecular flexibility index (Phi) is 4.14. The lowest BCUT2D eigenvalue weighted by atomic mass is 10.1. The quantitative estimate of drug-likeness (QED) is 0.723. The third kappa shape index (κ3) is 2.83. The number of aromatic nitrogens is 3. The van der Waals surface area contributed by atoms with Crippen LogP contribution in [0.1, 0.15) is 35.4 Å². The number of carbonyl (C=O) groups is 1. The van der Waals surface area contributed by atoms with Crippen LogP contribution in [0.15, 0.2) is 36.5 Å². The summed E-state index contributed by atoms with van der Waals surface area (Å²) in [7, 11) is 0. The number of likely N-dealkylation sites (tertiary alicyclic amines) is 1. The Hall–Kier alpha value is -2.83. The molecule has 26 heavy (non-hydrogen) atoms. The van der Waals surface area contributed by atoms with Crippen molar-refractivity contribution in [2.75, 3.05) is 13.1 Å². The Bertz CT molecular complexity index is 965. The molecule has 0 aliphatic carbocycles. The number of nitrogens with zero attached hydrogens (tertiary/aromatic N) is 4. The van der Waals surface area contributed by atoms with Gasteiger partial charge in [0.25, 0.3) is 5.91 Å². The smallest absolute Gasteiger partial charge is 0.254 e. The van der Waals surface area contributed by atoms with Gasteiger partial charge in [-0.15, -0.1) is 0 Å².